The number of nitrogen functional groups attached to an aromatic ring is 1. The Morgan fingerprint density at radius 3 is 2.76 bits per heavy atom. The van der Waals surface area contributed by atoms with Gasteiger partial charge in [0.1, 0.15) is 5.16 Å². The van der Waals surface area contributed by atoms with E-state index in [9.17, 15) is 0 Å². The Morgan fingerprint density at radius 2 is 2.10 bits per heavy atom. The second-order valence-corrected chi connectivity index (χ2v) is 5.05. The van der Waals surface area contributed by atoms with E-state index in [0.29, 0.717) is 5.16 Å². The summed E-state index contributed by atoms with van der Waals surface area (Å²) in [6, 6.07) is 7.63. The number of hydrogen-bond donors (Lipinski definition) is 2. The van der Waals surface area contributed by atoms with Crippen LogP contribution in [0.25, 0.3) is 0 Å². The van der Waals surface area contributed by atoms with E-state index in [-0.39, 0.29) is 0 Å². The molecule has 0 aliphatic rings. The molecule has 3 N–H and O–H groups in total. The van der Waals surface area contributed by atoms with Gasteiger partial charge in [0.15, 0.2) is 0 Å². The standard InChI is InChI=1S/C17H22ClN3/c1-4-6-17(18)20-10-9-13(2)14(3)12-21-16-8-5-7-15(19)11-16/h5-12,21H,4,19H2,1-3H3/b13-9+,14-12+,17-6+,20-10-. The van der Waals surface area contributed by atoms with Gasteiger partial charge in [-0.05, 0) is 61.8 Å². The van der Waals surface area contributed by atoms with Crippen LogP contribution >= 0.6 is 11.6 Å². The number of benzene rings is 1. The van der Waals surface area contributed by atoms with E-state index >= 15 is 0 Å². The molecule has 4 heteroatoms. The molecular weight excluding hydrogens is 282 g/mol. The van der Waals surface area contributed by atoms with Crippen LogP contribution in [-0.4, -0.2) is 6.21 Å². The lowest BCUT2D eigenvalue weighted by Gasteiger charge is -2.05. The average Bonchev–Trinajstić information content (AvgIpc) is 2.45. The fraction of sp³-hybridized carbons (Fsp3) is 0.235. The molecular formula is C17H22ClN3. The molecule has 0 bridgehead atoms. The molecule has 21 heavy (non-hydrogen) atoms. The molecule has 0 amide bonds. The topological polar surface area (TPSA) is 50.4 Å². The van der Waals surface area contributed by atoms with Crippen LogP contribution in [-0.2, 0) is 0 Å². The van der Waals surface area contributed by atoms with Gasteiger partial charge in [-0.15, -0.1) is 0 Å². The Bertz CT molecular complexity index is 583. The third kappa shape index (κ3) is 6.82. The van der Waals surface area contributed by atoms with Crippen molar-refractivity contribution in [3.05, 3.63) is 58.9 Å². The van der Waals surface area contributed by atoms with Crippen LogP contribution in [0.15, 0.2) is 63.9 Å². The highest BCUT2D eigenvalue weighted by atomic mass is 35.5. The number of nitrogens with zero attached hydrogens (tertiary/aromatic N) is 1. The number of nitrogens with two attached hydrogens (primary N) is 1. The fourth-order valence-electron chi connectivity index (χ4n) is 1.51. The van der Waals surface area contributed by atoms with Crippen molar-refractivity contribution in [2.24, 2.45) is 4.99 Å². The molecule has 0 aliphatic carbocycles. The first-order valence-corrected chi connectivity index (χ1v) is 7.26. The van der Waals surface area contributed by atoms with E-state index in [1.165, 1.54) is 0 Å². The highest BCUT2D eigenvalue weighted by Gasteiger charge is 1.93. The van der Waals surface area contributed by atoms with Crippen molar-refractivity contribution < 1.29 is 0 Å². The van der Waals surface area contributed by atoms with E-state index in [2.05, 4.69) is 10.3 Å². The molecule has 0 saturated carbocycles. The molecule has 1 aromatic rings. The Morgan fingerprint density at radius 1 is 1.33 bits per heavy atom. The lowest BCUT2D eigenvalue weighted by Crippen LogP contribution is -1.92. The Hall–Kier alpha value is -2.00. The van der Waals surface area contributed by atoms with E-state index in [4.69, 9.17) is 17.3 Å². The maximum absolute atomic E-state index is 5.90. The van der Waals surface area contributed by atoms with Gasteiger partial charge in [0.2, 0.25) is 0 Å². The van der Waals surface area contributed by atoms with Gasteiger partial charge >= 0.3 is 0 Å². The monoisotopic (exact) mass is 303 g/mol. The summed E-state index contributed by atoms with van der Waals surface area (Å²) in [5.41, 5.74) is 9.66. The zero-order valence-corrected chi connectivity index (χ0v) is 13.5. The largest absolute Gasteiger partial charge is 0.399 e. The van der Waals surface area contributed by atoms with E-state index in [1.54, 1.807) is 6.21 Å². The molecule has 0 radical (unpaired) electrons. The second kappa shape index (κ2) is 9.03. The quantitative estimate of drug-likeness (QED) is 0.333. The van der Waals surface area contributed by atoms with E-state index in [1.807, 2.05) is 63.4 Å². The molecule has 0 heterocycles. The third-order valence-corrected chi connectivity index (χ3v) is 3.11. The van der Waals surface area contributed by atoms with Gasteiger partial charge < -0.3 is 11.1 Å². The first-order valence-electron chi connectivity index (χ1n) is 6.88. The summed E-state index contributed by atoms with van der Waals surface area (Å²) in [4.78, 5) is 4.13. The van der Waals surface area contributed by atoms with Gasteiger partial charge in [-0.3, -0.25) is 0 Å². The van der Waals surface area contributed by atoms with E-state index < -0.39 is 0 Å². The van der Waals surface area contributed by atoms with Gasteiger partial charge in [-0.1, -0.05) is 24.6 Å². The van der Waals surface area contributed by atoms with Crippen molar-refractivity contribution in [1.29, 1.82) is 0 Å². The number of allylic oxidation sites excluding steroid dienone is 4. The highest BCUT2D eigenvalue weighted by Crippen LogP contribution is 2.14. The Labute approximate surface area is 131 Å². The van der Waals surface area contributed by atoms with Crippen LogP contribution < -0.4 is 11.1 Å². The van der Waals surface area contributed by atoms with Gasteiger partial charge in [-0.25, -0.2) is 4.99 Å². The Balaban J connectivity index is 2.66. The normalized spacial score (nSPS) is 13.8. The minimum atomic E-state index is 0.515. The van der Waals surface area contributed by atoms with Crippen molar-refractivity contribution in [2.75, 3.05) is 11.1 Å². The molecule has 1 aromatic carbocycles. The maximum Gasteiger partial charge on any atom is 0.125 e. The average molecular weight is 304 g/mol. The van der Waals surface area contributed by atoms with Crippen molar-refractivity contribution >= 4 is 29.2 Å². The van der Waals surface area contributed by atoms with Crippen LogP contribution in [0.1, 0.15) is 27.2 Å². The molecule has 0 atom stereocenters. The maximum atomic E-state index is 5.90. The van der Waals surface area contributed by atoms with Gasteiger partial charge in [0, 0.05) is 23.8 Å². The summed E-state index contributed by atoms with van der Waals surface area (Å²) in [5, 5.41) is 3.74. The van der Waals surface area contributed by atoms with Gasteiger partial charge in [0.05, 0.1) is 0 Å². The summed E-state index contributed by atoms with van der Waals surface area (Å²) >= 11 is 5.90. The van der Waals surface area contributed by atoms with Crippen molar-refractivity contribution in [2.45, 2.75) is 27.2 Å². The molecule has 112 valence electrons. The molecule has 3 nitrogen and oxygen atoms in total. The molecule has 0 fully saturated rings. The lowest BCUT2D eigenvalue weighted by atomic mass is 10.1. The summed E-state index contributed by atoms with van der Waals surface area (Å²) in [7, 11) is 0. The Kier molecular flexibility index (Phi) is 7.33. The molecule has 1 rings (SSSR count). The first-order chi connectivity index (χ1) is 10.0. The van der Waals surface area contributed by atoms with Gasteiger partial charge in [-0.2, -0.15) is 0 Å². The SMILES string of the molecule is CC/C=C(Cl)/N=C\C=C(C)\C(C)=C\Nc1cccc(N)c1. The first kappa shape index (κ1) is 17.1. The molecule has 0 saturated heterocycles. The predicted molar refractivity (Wildman–Crippen MR) is 94.7 cm³/mol. The van der Waals surface area contributed by atoms with Crippen LogP contribution in [0.3, 0.4) is 0 Å². The third-order valence-electron chi connectivity index (χ3n) is 2.86. The molecule has 0 unspecified atom stereocenters. The molecule has 0 aliphatic heterocycles. The van der Waals surface area contributed by atoms with Crippen molar-refractivity contribution in [3.63, 3.8) is 0 Å². The number of hydrogen-bond acceptors (Lipinski definition) is 3. The fourth-order valence-corrected chi connectivity index (χ4v) is 1.72. The number of rotatable bonds is 6. The van der Waals surface area contributed by atoms with Crippen molar-refractivity contribution in [1.82, 2.24) is 0 Å². The minimum absolute atomic E-state index is 0.515. The number of nitrogens with one attached hydrogen (secondary N) is 1. The van der Waals surface area contributed by atoms with Crippen LogP contribution in [0.2, 0.25) is 0 Å². The minimum Gasteiger partial charge on any atom is -0.399 e. The van der Waals surface area contributed by atoms with E-state index in [0.717, 1.165) is 28.9 Å². The predicted octanol–water partition coefficient (Wildman–Crippen LogP) is 5.09. The van der Waals surface area contributed by atoms with Crippen molar-refractivity contribution in [3.8, 4) is 0 Å². The summed E-state index contributed by atoms with van der Waals surface area (Å²) < 4.78 is 0. The summed E-state index contributed by atoms with van der Waals surface area (Å²) in [6.07, 6.45) is 8.32. The zero-order valence-electron chi connectivity index (χ0n) is 12.7. The molecule has 0 spiro atoms. The van der Waals surface area contributed by atoms with Crippen LogP contribution in [0.5, 0.6) is 0 Å². The number of halogens is 1. The number of aliphatic imine (C=N–C) groups is 1. The zero-order chi connectivity index (χ0) is 15.7. The van der Waals surface area contributed by atoms with Gasteiger partial charge in [0.25, 0.3) is 0 Å². The highest BCUT2D eigenvalue weighted by molar-refractivity contribution is 6.29. The lowest BCUT2D eigenvalue weighted by molar-refractivity contribution is 1.20. The van der Waals surface area contributed by atoms with Crippen LogP contribution in [0.4, 0.5) is 11.4 Å². The number of anilines is 2. The molecule has 0 aromatic heterocycles. The summed E-state index contributed by atoms with van der Waals surface area (Å²) in [5.74, 6) is 0. The second-order valence-electron chi connectivity index (χ2n) is 4.66. The smallest absolute Gasteiger partial charge is 0.125 e. The van der Waals surface area contributed by atoms with Crippen LogP contribution in [0, 0.1) is 0 Å². The summed E-state index contributed by atoms with van der Waals surface area (Å²) in [6.45, 7) is 6.08.